The van der Waals surface area contributed by atoms with Crippen LogP contribution in [0.1, 0.15) is 19.0 Å². The van der Waals surface area contributed by atoms with E-state index in [2.05, 4.69) is 5.10 Å². The van der Waals surface area contributed by atoms with Crippen molar-refractivity contribution in [1.29, 1.82) is 0 Å². The molecule has 0 spiro atoms. The minimum atomic E-state index is -1.46. The summed E-state index contributed by atoms with van der Waals surface area (Å²) in [5, 5.41) is 13.5. The maximum atomic E-state index is 12.1. The van der Waals surface area contributed by atoms with Gasteiger partial charge in [-0.1, -0.05) is 25.1 Å². The maximum absolute atomic E-state index is 12.1. The number of carboxylic acids is 1. The highest BCUT2D eigenvalue weighted by molar-refractivity contribution is 7.85. The van der Waals surface area contributed by atoms with Gasteiger partial charge in [0.05, 0.1) is 17.0 Å². The molecule has 1 aromatic carbocycles. The predicted octanol–water partition coefficient (Wildman–Crippen LogP) is 1.69. The Bertz CT molecular complexity index is 636. The van der Waals surface area contributed by atoms with Crippen molar-refractivity contribution in [3.05, 3.63) is 30.0 Å². The van der Waals surface area contributed by atoms with Gasteiger partial charge in [-0.15, -0.1) is 0 Å². The van der Waals surface area contributed by atoms with E-state index in [0.717, 1.165) is 10.9 Å². The minimum absolute atomic E-state index is 0.173. The SMILES string of the molecule is CCC(C(=O)O)S(=O)Cc1nn(C)c2ccccc12. The summed E-state index contributed by atoms with van der Waals surface area (Å²) in [6.45, 7) is 1.73. The summed E-state index contributed by atoms with van der Waals surface area (Å²) >= 11 is 0. The number of nitrogens with zero attached hydrogens (tertiary/aromatic N) is 2. The van der Waals surface area contributed by atoms with Crippen LogP contribution in [0, 0.1) is 0 Å². The Morgan fingerprint density at radius 2 is 2.16 bits per heavy atom. The summed E-state index contributed by atoms with van der Waals surface area (Å²) in [5.74, 6) is -0.840. The van der Waals surface area contributed by atoms with Crippen molar-refractivity contribution in [3.8, 4) is 0 Å². The van der Waals surface area contributed by atoms with Crippen LogP contribution in [0.5, 0.6) is 0 Å². The van der Waals surface area contributed by atoms with E-state index in [9.17, 15) is 9.00 Å². The lowest BCUT2D eigenvalue weighted by atomic mass is 10.2. The van der Waals surface area contributed by atoms with Gasteiger partial charge in [-0.05, 0) is 12.5 Å². The summed E-state index contributed by atoms with van der Waals surface area (Å²) < 4.78 is 13.8. The zero-order valence-corrected chi connectivity index (χ0v) is 11.7. The van der Waals surface area contributed by atoms with Gasteiger partial charge < -0.3 is 5.11 Å². The molecule has 0 saturated carbocycles. The molecule has 2 rings (SSSR count). The summed E-state index contributed by atoms with van der Waals surface area (Å²) in [5.41, 5.74) is 1.65. The molecule has 102 valence electrons. The van der Waals surface area contributed by atoms with Crippen LogP contribution in [-0.4, -0.2) is 30.3 Å². The van der Waals surface area contributed by atoms with E-state index >= 15 is 0 Å². The molecule has 0 radical (unpaired) electrons. The van der Waals surface area contributed by atoms with Crippen LogP contribution in [0.2, 0.25) is 0 Å². The average molecular weight is 280 g/mol. The van der Waals surface area contributed by atoms with Crippen LogP contribution in [0.4, 0.5) is 0 Å². The van der Waals surface area contributed by atoms with Crippen LogP contribution in [0.15, 0.2) is 24.3 Å². The van der Waals surface area contributed by atoms with Crippen LogP contribution >= 0.6 is 0 Å². The molecule has 0 aliphatic carbocycles. The minimum Gasteiger partial charge on any atom is -0.480 e. The third-order valence-corrected chi connectivity index (χ3v) is 4.80. The Kier molecular flexibility index (Phi) is 3.99. The van der Waals surface area contributed by atoms with Gasteiger partial charge in [-0.3, -0.25) is 13.7 Å². The number of carbonyl (C=O) groups is 1. The second-order valence-electron chi connectivity index (χ2n) is 4.35. The molecule has 2 aromatic rings. The number of hydrogen-bond donors (Lipinski definition) is 1. The lowest BCUT2D eigenvalue weighted by Gasteiger charge is -2.08. The van der Waals surface area contributed by atoms with Gasteiger partial charge in [0.25, 0.3) is 0 Å². The van der Waals surface area contributed by atoms with Gasteiger partial charge in [0.15, 0.2) is 0 Å². The highest BCUT2D eigenvalue weighted by Crippen LogP contribution is 2.20. The van der Waals surface area contributed by atoms with Crippen molar-refractivity contribution in [2.24, 2.45) is 7.05 Å². The highest BCUT2D eigenvalue weighted by Gasteiger charge is 2.24. The van der Waals surface area contributed by atoms with Crippen LogP contribution in [0.25, 0.3) is 10.9 Å². The molecule has 1 N–H and O–H groups in total. The van der Waals surface area contributed by atoms with Gasteiger partial charge >= 0.3 is 5.97 Å². The van der Waals surface area contributed by atoms with Crippen LogP contribution in [0.3, 0.4) is 0 Å². The van der Waals surface area contributed by atoms with Gasteiger partial charge in [-0.2, -0.15) is 5.10 Å². The molecule has 6 heteroatoms. The van der Waals surface area contributed by atoms with Gasteiger partial charge in [-0.25, -0.2) is 0 Å². The highest BCUT2D eigenvalue weighted by atomic mass is 32.2. The second-order valence-corrected chi connectivity index (χ2v) is 5.97. The topological polar surface area (TPSA) is 72.2 Å². The first-order valence-electron chi connectivity index (χ1n) is 6.05. The average Bonchev–Trinajstić information content (AvgIpc) is 2.67. The molecule has 0 saturated heterocycles. The molecule has 0 aliphatic rings. The number of carboxylic acid groups (broad SMARTS) is 1. The molecule has 2 unspecified atom stereocenters. The van der Waals surface area contributed by atoms with E-state index in [0.29, 0.717) is 12.1 Å². The zero-order valence-electron chi connectivity index (χ0n) is 10.9. The fraction of sp³-hybridized carbons (Fsp3) is 0.385. The normalized spacial score (nSPS) is 14.4. The van der Waals surface area contributed by atoms with Crippen molar-refractivity contribution < 1.29 is 14.1 Å². The monoisotopic (exact) mass is 280 g/mol. The lowest BCUT2D eigenvalue weighted by Crippen LogP contribution is -2.25. The van der Waals surface area contributed by atoms with Crippen molar-refractivity contribution in [1.82, 2.24) is 9.78 Å². The smallest absolute Gasteiger partial charge is 0.319 e. The largest absolute Gasteiger partial charge is 0.480 e. The van der Waals surface area contributed by atoms with E-state index < -0.39 is 22.0 Å². The van der Waals surface area contributed by atoms with E-state index in [4.69, 9.17) is 5.11 Å². The number of aliphatic carboxylic acids is 1. The van der Waals surface area contributed by atoms with Crippen molar-refractivity contribution in [2.75, 3.05) is 0 Å². The quantitative estimate of drug-likeness (QED) is 0.904. The molecule has 1 heterocycles. The first kappa shape index (κ1) is 13.7. The summed E-state index contributed by atoms with van der Waals surface area (Å²) in [4.78, 5) is 11.0. The standard InChI is InChI=1S/C13H16N2O3S/c1-3-12(13(16)17)19(18)8-10-9-6-4-5-7-11(9)15(2)14-10/h4-7,12H,3,8H2,1-2H3,(H,16,17). The molecule has 0 fully saturated rings. The third-order valence-electron chi connectivity index (χ3n) is 3.08. The molecule has 0 amide bonds. The maximum Gasteiger partial charge on any atom is 0.319 e. The predicted molar refractivity (Wildman–Crippen MR) is 74.3 cm³/mol. The third kappa shape index (κ3) is 2.68. The number of aryl methyl sites for hydroxylation is 1. The fourth-order valence-electron chi connectivity index (χ4n) is 2.10. The number of fused-ring (bicyclic) bond motifs is 1. The number of benzene rings is 1. The summed E-state index contributed by atoms with van der Waals surface area (Å²) in [6, 6.07) is 7.65. The number of para-hydroxylation sites is 1. The Morgan fingerprint density at radius 3 is 2.79 bits per heavy atom. The first-order valence-corrected chi connectivity index (χ1v) is 7.43. The molecule has 0 bridgehead atoms. The Morgan fingerprint density at radius 1 is 1.47 bits per heavy atom. The number of rotatable bonds is 5. The van der Waals surface area contributed by atoms with E-state index in [1.807, 2.05) is 31.3 Å². The molecule has 5 nitrogen and oxygen atoms in total. The van der Waals surface area contributed by atoms with E-state index in [-0.39, 0.29) is 5.75 Å². The summed E-state index contributed by atoms with van der Waals surface area (Å²) in [6.07, 6.45) is 0.354. The molecular formula is C13H16N2O3S. The molecule has 19 heavy (non-hydrogen) atoms. The second kappa shape index (κ2) is 5.52. The van der Waals surface area contributed by atoms with Gasteiger partial charge in [0.2, 0.25) is 0 Å². The van der Waals surface area contributed by atoms with Gasteiger partial charge in [0.1, 0.15) is 5.25 Å². The van der Waals surface area contributed by atoms with Gasteiger partial charge in [0, 0.05) is 23.2 Å². The lowest BCUT2D eigenvalue weighted by molar-refractivity contribution is -0.136. The molecule has 1 aromatic heterocycles. The summed E-state index contributed by atoms with van der Waals surface area (Å²) in [7, 11) is 0.366. The van der Waals surface area contributed by atoms with E-state index in [1.54, 1.807) is 11.6 Å². The van der Waals surface area contributed by atoms with Crippen molar-refractivity contribution in [2.45, 2.75) is 24.3 Å². The fourth-order valence-corrected chi connectivity index (χ4v) is 3.38. The Labute approximate surface area is 113 Å². The molecule has 2 atom stereocenters. The molecular weight excluding hydrogens is 264 g/mol. The number of aromatic nitrogens is 2. The van der Waals surface area contributed by atoms with Crippen molar-refractivity contribution in [3.63, 3.8) is 0 Å². The van der Waals surface area contributed by atoms with Crippen LogP contribution < -0.4 is 0 Å². The van der Waals surface area contributed by atoms with E-state index in [1.165, 1.54) is 0 Å². The Hall–Kier alpha value is -1.69. The van der Waals surface area contributed by atoms with Crippen LogP contribution in [-0.2, 0) is 28.4 Å². The number of hydrogen-bond acceptors (Lipinski definition) is 3. The zero-order chi connectivity index (χ0) is 14.0. The van der Waals surface area contributed by atoms with Crippen molar-refractivity contribution >= 4 is 27.7 Å². The first-order chi connectivity index (χ1) is 9.04. The Balaban J connectivity index is 2.31. The molecule has 0 aliphatic heterocycles.